The van der Waals surface area contributed by atoms with E-state index in [9.17, 15) is 4.79 Å². The van der Waals surface area contributed by atoms with E-state index in [0.29, 0.717) is 23.7 Å². The van der Waals surface area contributed by atoms with Crippen LogP contribution in [0, 0.1) is 13.8 Å². The van der Waals surface area contributed by atoms with Gasteiger partial charge in [-0.25, -0.2) is 0 Å². The Morgan fingerprint density at radius 1 is 1.17 bits per heavy atom. The Morgan fingerprint density at radius 3 is 2.57 bits per heavy atom. The van der Waals surface area contributed by atoms with Crippen LogP contribution in [-0.4, -0.2) is 12.0 Å². The lowest BCUT2D eigenvalue weighted by Gasteiger charge is -2.18. The quantitative estimate of drug-likeness (QED) is 0.850. The van der Waals surface area contributed by atoms with E-state index < -0.39 is 6.10 Å². The Balaban J connectivity index is 1.98. The Morgan fingerprint density at radius 2 is 1.91 bits per heavy atom. The van der Waals surface area contributed by atoms with Gasteiger partial charge < -0.3 is 10.1 Å². The molecule has 2 aromatic carbocycles. The molecule has 0 aliphatic heterocycles. The molecule has 3 nitrogen and oxygen atoms in total. The van der Waals surface area contributed by atoms with E-state index in [0.717, 1.165) is 16.7 Å². The lowest BCUT2D eigenvalue weighted by Crippen LogP contribution is -2.37. The first-order valence-corrected chi connectivity index (χ1v) is 8.14. The molecule has 0 radical (unpaired) electrons. The zero-order valence-electron chi connectivity index (χ0n) is 13.7. The minimum atomic E-state index is -0.514. The molecular formula is C19H22ClNO2. The van der Waals surface area contributed by atoms with E-state index >= 15 is 0 Å². The topological polar surface area (TPSA) is 38.3 Å². The van der Waals surface area contributed by atoms with Gasteiger partial charge in [0.1, 0.15) is 5.75 Å². The first-order valence-electron chi connectivity index (χ1n) is 7.76. The summed E-state index contributed by atoms with van der Waals surface area (Å²) in [5, 5.41) is 3.64. The Kier molecular flexibility index (Phi) is 6.05. The van der Waals surface area contributed by atoms with E-state index in [1.807, 2.05) is 51.1 Å². The highest BCUT2D eigenvalue weighted by Crippen LogP contribution is 2.22. The summed E-state index contributed by atoms with van der Waals surface area (Å²) in [7, 11) is 0. The SMILES string of the molecule is CC[C@H](Oc1ccc(Cl)c(C)c1)C(=O)NCc1ccccc1C. The number of halogens is 1. The van der Waals surface area contributed by atoms with E-state index in [2.05, 4.69) is 5.32 Å². The van der Waals surface area contributed by atoms with Gasteiger partial charge in [0.15, 0.2) is 6.10 Å². The molecule has 0 spiro atoms. The molecule has 0 aliphatic rings. The van der Waals surface area contributed by atoms with Crippen molar-refractivity contribution in [3.63, 3.8) is 0 Å². The van der Waals surface area contributed by atoms with Crippen LogP contribution in [0.2, 0.25) is 5.02 Å². The van der Waals surface area contributed by atoms with Crippen molar-refractivity contribution in [2.75, 3.05) is 0 Å². The summed E-state index contributed by atoms with van der Waals surface area (Å²) in [6, 6.07) is 13.4. The van der Waals surface area contributed by atoms with Crippen LogP contribution in [0.4, 0.5) is 0 Å². The highest BCUT2D eigenvalue weighted by atomic mass is 35.5. The second-order valence-electron chi connectivity index (χ2n) is 5.57. The molecule has 122 valence electrons. The molecule has 0 fully saturated rings. The largest absolute Gasteiger partial charge is 0.481 e. The summed E-state index contributed by atoms with van der Waals surface area (Å²) in [6.07, 6.45) is 0.0842. The van der Waals surface area contributed by atoms with Crippen LogP contribution in [0.15, 0.2) is 42.5 Å². The van der Waals surface area contributed by atoms with Crippen LogP contribution in [0.5, 0.6) is 5.75 Å². The first kappa shape index (κ1) is 17.4. The van der Waals surface area contributed by atoms with Gasteiger partial charge in [0, 0.05) is 11.6 Å². The monoisotopic (exact) mass is 331 g/mol. The number of carbonyl (C=O) groups excluding carboxylic acids is 1. The molecule has 1 amide bonds. The number of hydrogen-bond acceptors (Lipinski definition) is 2. The van der Waals surface area contributed by atoms with Gasteiger partial charge in [-0.15, -0.1) is 0 Å². The number of ether oxygens (including phenoxy) is 1. The maximum absolute atomic E-state index is 12.4. The van der Waals surface area contributed by atoms with E-state index in [1.54, 1.807) is 12.1 Å². The predicted octanol–water partition coefficient (Wildman–Crippen LogP) is 4.43. The fraction of sp³-hybridized carbons (Fsp3) is 0.316. The van der Waals surface area contributed by atoms with Crippen molar-refractivity contribution in [1.82, 2.24) is 5.32 Å². The molecular weight excluding hydrogens is 310 g/mol. The third-order valence-electron chi connectivity index (χ3n) is 3.79. The Labute approximate surface area is 142 Å². The molecule has 23 heavy (non-hydrogen) atoms. The highest BCUT2D eigenvalue weighted by Gasteiger charge is 2.18. The molecule has 0 heterocycles. The van der Waals surface area contributed by atoms with Gasteiger partial charge in [0.25, 0.3) is 5.91 Å². The van der Waals surface area contributed by atoms with Crippen LogP contribution in [0.1, 0.15) is 30.0 Å². The van der Waals surface area contributed by atoms with Gasteiger partial charge >= 0.3 is 0 Å². The molecule has 4 heteroatoms. The lowest BCUT2D eigenvalue weighted by molar-refractivity contribution is -0.128. The molecule has 2 rings (SSSR count). The minimum Gasteiger partial charge on any atom is -0.481 e. The summed E-state index contributed by atoms with van der Waals surface area (Å²) < 4.78 is 5.81. The molecule has 0 saturated carbocycles. The summed E-state index contributed by atoms with van der Waals surface area (Å²) >= 11 is 6.01. The van der Waals surface area contributed by atoms with Gasteiger partial charge in [-0.1, -0.05) is 42.8 Å². The van der Waals surface area contributed by atoms with Gasteiger partial charge in [0.2, 0.25) is 0 Å². The summed E-state index contributed by atoms with van der Waals surface area (Å²) in [5.74, 6) is 0.549. The zero-order chi connectivity index (χ0) is 16.8. The number of benzene rings is 2. The minimum absolute atomic E-state index is 0.108. The average Bonchev–Trinajstić information content (AvgIpc) is 2.54. The third-order valence-corrected chi connectivity index (χ3v) is 4.21. The second-order valence-corrected chi connectivity index (χ2v) is 5.98. The fourth-order valence-corrected chi connectivity index (χ4v) is 2.40. The number of aryl methyl sites for hydroxylation is 2. The van der Waals surface area contributed by atoms with Gasteiger partial charge in [0.05, 0.1) is 0 Å². The molecule has 1 atom stereocenters. The van der Waals surface area contributed by atoms with Crippen molar-refractivity contribution in [1.29, 1.82) is 0 Å². The van der Waals surface area contributed by atoms with E-state index in [1.165, 1.54) is 0 Å². The second kappa shape index (κ2) is 8.02. The van der Waals surface area contributed by atoms with Crippen molar-refractivity contribution in [3.8, 4) is 5.75 Å². The molecule has 0 unspecified atom stereocenters. The van der Waals surface area contributed by atoms with Crippen LogP contribution in [0.25, 0.3) is 0 Å². The number of hydrogen-bond donors (Lipinski definition) is 1. The summed E-state index contributed by atoms with van der Waals surface area (Å²) in [6.45, 7) is 6.38. The van der Waals surface area contributed by atoms with Gasteiger partial charge in [-0.3, -0.25) is 4.79 Å². The van der Waals surface area contributed by atoms with Crippen LogP contribution in [-0.2, 0) is 11.3 Å². The number of rotatable bonds is 6. The summed E-state index contributed by atoms with van der Waals surface area (Å²) in [4.78, 5) is 12.4. The van der Waals surface area contributed by atoms with Gasteiger partial charge in [-0.2, -0.15) is 0 Å². The molecule has 0 aliphatic carbocycles. The Bertz CT molecular complexity index is 685. The number of carbonyl (C=O) groups is 1. The number of amides is 1. The van der Waals surface area contributed by atoms with Gasteiger partial charge in [-0.05, 0) is 55.2 Å². The highest BCUT2D eigenvalue weighted by molar-refractivity contribution is 6.31. The number of nitrogens with one attached hydrogen (secondary N) is 1. The van der Waals surface area contributed by atoms with Crippen molar-refractivity contribution in [2.24, 2.45) is 0 Å². The third kappa shape index (κ3) is 4.73. The predicted molar refractivity (Wildman–Crippen MR) is 93.9 cm³/mol. The molecule has 0 aromatic heterocycles. The fourth-order valence-electron chi connectivity index (χ4n) is 2.28. The van der Waals surface area contributed by atoms with Crippen molar-refractivity contribution < 1.29 is 9.53 Å². The van der Waals surface area contributed by atoms with Crippen LogP contribution >= 0.6 is 11.6 Å². The maximum Gasteiger partial charge on any atom is 0.261 e. The molecule has 0 bridgehead atoms. The average molecular weight is 332 g/mol. The molecule has 0 saturated heterocycles. The van der Waals surface area contributed by atoms with E-state index in [-0.39, 0.29) is 5.91 Å². The smallest absolute Gasteiger partial charge is 0.261 e. The standard InChI is InChI=1S/C19H22ClNO2/c1-4-18(23-16-9-10-17(20)14(3)11-16)19(22)21-12-15-8-6-5-7-13(15)2/h5-11,18H,4,12H2,1-3H3,(H,21,22)/t18-/m0/s1. The van der Waals surface area contributed by atoms with E-state index in [4.69, 9.17) is 16.3 Å². The zero-order valence-corrected chi connectivity index (χ0v) is 14.5. The molecule has 2 aromatic rings. The van der Waals surface area contributed by atoms with Crippen LogP contribution < -0.4 is 10.1 Å². The summed E-state index contributed by atoms with van der Waals surface area (Å²) in [5.41, 5.74) is 3.20. The van der Waals surface area contributed by atoms with Crippen molar-refractivity contribution in [3.05, 3.63) is 64.2 Å². The molecule has 1 N–H and O–H groups in total. The maximum atomic E-state index is 12.4. The van der Waals surface area contributed by atoms with Crippen molar-refractivity contribution >= 4 is 17.5 Å². The lowest BCUT2D eigenvalue weighted by atomic mass is 10.1. The Hall–Kier alpha value is -2.00. The normalized spacial score (nSPS) is 11.8. The first-order chi connectivity index (χ1) is 11.0. The van der Waals surface area contributed by atoms with Crippen LogP contribution in [0.3, 0.4) is 0 Å². The van der Waals surface area contributed by atoms with Crippen molar-refractivity contribution in [2.45, 2.75) is 39.8 Å².